The summed E-state index contributed by atoms with van der Waals surface area (Å²) in [5.41, 5.74) is 4.08. The van der Waals surface area contributed by atoms with E-state index < -0.39 is 5.41 Å². The summed E-state index contributed by atoms with van der Waals surface area (Å²) < 4.78 is 15.0. The summed E-state index contributed by atoms with van der Waals surface area (Å²) in [7, 11) is 0. The van der Waals surface area contributed by atoms with Crippen LogP contribution in [0.5, 0.6) is 0 Å². The molecule has 5 nitrogen and oxygen atoms in total. The molecule has 3 aromatic rings. The first-order chi connectivity index (χ1) is 16.9. The Labute approximate surface area is 204 Å². The largest absolute Gasteiger partial charge is 0.308 e. The van der Waals surface area contributed by atoms with Gasteiger partial charge in [-0.2, -0.15) is 0 Å². The van der Waals surface area contributed by atoms with Gasteiger partial charge in [0.2, 0.25) is 5.70 Å². The van der Waals surface area contributed by atoms with Gasteiger partial charge >= 0.3 is 0 Å². The number of halogens is 1. The molecule has 35 heavy (non-hydrogen) atoms. The predicted molar refractivity (Wildman–Crippen MR) is 131 cm³/mol. The van der Waals surface area contributed by atoms with E-state index in [0.29, 0.717) is 29.4 Å². The van der Waals surface area contributed by atoms with Gasteiger partial charge in [-0.1, -0.05) is 32.1 Å². The van der Waals surface area contributed by atoms with E-state index in [-0.39, 0.29) is 29.1 Å². The molecule has 1 fully saturated rings. The second kappa shape index (κ2) is 7.91. The van der Waals surface area contributed by atoms with Crippen LogP contribution in [0.3, 0.4) is 0 Å². The maximum Gasteiger partial charge on any atom is 0.226 e. The number of rotatable bonds is 3. The average molecular weight is 465 g/mol. The highest BCUT2D eigenvalue weighted by Gasteiger charge is 2.49. The Hall–Kier alpha value is -3.72. The highest BCUT2D eigenvalue weighted by molar-refractivity contribution is 6.00. The van der Waals surface area contributed by atoms with E-state index in [2.05, 4.69) is 16.8 Å². The smallest absolute Gasteiger partial charge is 0.226 e. The molecule has 0 amide bonds. The van der Waals surface area contributed by atoms with Gasteiger partial charge in [-0.05, 0) is 55.9 Å². The highest BCUT2D eigenvalue weighted by atomic mass is 19.1. The maximum absolute atomic E-state index is 15.0. The lowest BCUT2D eigenvalue weighted by molar-refractivity contribution is -0.121. The van der Waals surface area contributed by atoms with Crippen LogP contribution < -0.4 is 0 Å². The number of hydrogen-bond donors (Lipinski definition) is 0. The molecule has 0 aliphatic heterocycles. The molecule has 0 bridgehead atoms. The molecule has 0 unspecified atom stereocenters. The molecule has 0 saturated heterocycles. The van der Waals surface area contributed by atoms with Crippen LogP contribution in [0.15, 0.2) is 54.4 Å². The predicted octanol–water partition coefficient (Wildman–Crippen LogP) is 6.06. The number of aromatic nitrogens is 3. The van der Waals surface area contributed by atoms with Gasteiger partial charge in [0, 0.05) is 45.8 Å². The minimum atomic E-state index is -0.625. The van der Waals surface area contributed by atoms with Crippen LogP contribution in [-0.2, 0) is 16.6 Å². The van der Waals surface area contributed by atoms with E-state index in [4.69, 9.17) is 16.5 Å². The highest BCUT2D eigenvalue weighted by Crippen LogP contribution is 2.51. The molecule has 1 aromatic carbocycles. The number of carbonyl (C=O) groups excluding carboxylic acids is 1. The number of carbonyl (C=O) groups is 1. The van der Waals surface area contributed by atoms with E-state index in [1.54, 1.807) is 24.4 Å². The number of hydrogen-bond acceptors (Lipinski definition) is 4. The van der Waals surface area contributed by atoms with Gasteiger partial charge in [0.15, 0.2) is 11.6 Å². The van der Waals surface area contributed by atoms with Gasteiger partial charge < -0.3 is 4.79 Å². The summed E-state index contributed by atoms with van der Waals surface area (Å²) in [6, 6.07) is 10.7. The molecular formula is C29H25FN4O. The summed E-state index contributed by atoms with van der Waals surface area (Å²) in [6.07, 6.45) is 7.34. The Balaban J connectivity index is 1.60. The molecule has 6 rings (SSSR count). The third-order valence-electron chi connectivity index (χ3n) is 7.99. The number of ketones is 1. The zero-order chi connectivity index (χ0) is 24.3. The van der Waals surface area contributed by atoms with Crippen molar-refractivity contribution in [2.45, 2.75) is 50.9 Å². The van der Waals surface area contributed by atoms with Crippen molar-refractivity contribution in [2.24, 2.45) is 11.8 Å². The lowest BCUT2D eigenvalue weighted by atomic mass is 9.58. The summed E-state index contributed by atoms with van der Waals surface area (Å²) >= 11 is 0. The molecule has 2 aromatic heterocycles. The Morgan fingerprint density at radius 1 is 1.11 bits per heavy atom. The zero-order valence-corrected chi connectivity index (χ0v) is 19.8. The number of nitrogens with zero attached hydrogens (tertiary/aromatic N) is 4. The average Bonchev–Trinajstić information content (AvgIpc) is 3.72. The van der Waals surface area contributed by atoms with Gasteiger partial charge in [-0.3, -0.25) is 4.98 Å². The normalized spacial score (nSPS) is 25.3. The second-order valence-corrected chi connectivity index (χ2v) is 10.2. The van der Waals surface area contributed by atoms with Crippen LogP contribution >= 0.6 is 0 Å². The zero-order valence-electron chi connectivity index (χ0n) is 19.8. The Morgan fingerprint density at radius 2 is 1.91 bits per heavy atom. The summed E-state index contributed by atoms with van der Waals surface area (Å²) in [5.74, 6) is 0.325. The molecule has 3 atom stereocenters. The van der Waals surface area contributed by atoms with Crippen molar-refractivity contribution in [3.8, 4) is 22.6 Å². The van der Waals surface area contributed by atoms with Gasteiger partial charge in [0.05, 0.1) is 18.0 Å². The summed E-state index contributed by atoms with van der Waals surface area (Å²) in [5, 5.41) is 0. The molecule has 2 heterocycles. The number of pyridine rings is 1. The van der Waals surface area contributed by atoms with Crippen molar-refractivity contribution in [2.75, 3.05) is 0 Å². The van der Waals surface area contributed by atoms with E-state index in [9.17, 15) is 4.79 Å². The third kappa shape index (κ3) is 3.41. The molecule has 1 saturated carbocycles. The first kappa shape index (κ1) is 21.8. The fourth-order valence-electron chi connectivity index (χ4n) is 5.91. The lowest BCUT2D eigenvalue weighted by Crippen LogP contribution is -2.46. The van der Waals surface area contributed by atoms with Crippen molar-refractivity contribution >= 4 is 5.78 Å². The van der Waals surface area contributed by atoms with E-state index in [0.717, 1.165) is 28.9 Å². The Kier molecular flexibility index (Phi) is 4.93. The Bertz CT molecular complexity index is 1430. The minimum Gasteiger partial charge on any atom is -0.308 e. The van der Waals surface area contributed by atoms with Crippen molar-refractivity contribution in [3.05, 3.63) is 88.6 Å². The van der Waals surface area contributed by atoms with Gasteiger partial charge in [0.25, 0.3) is 0 Å². The van der Waals surface area contributed by atoms with Crippen LogP contribution in [0.2, 0.25) is 0 Å². The third-order valence-corrected chi connectivity index (χ3v) is 7.99. The van der Waals surface area contributed by atoms with Crippen LogP contribution in [0, 0.1) is 24.2 Å². The molecular weight excluding hydrogens is 439 g/mol. The van der Waals surface area contributed by atoms with Crippen molar-refractivity contribution in [1.29, 1.82) is 0 Å². The number of fused-ring (bicyclic) bond motifs is 3. The SMILES string of the molecule is [C-]#[N+]C1=C[C@@]2(C)c3nc(-c4ccc(C5CC5)nc4)nc(-c4ccccc4F)c3CC[C@@H]2[C@@H](C)C1=O. The molecule has 3 aliphatic rings. The molecule has 6 heteroatoms. The van der Waals surface area contributed by atoms with Crippen molar-refractivity contribution in [3.63, 3.8) is 0 Å². The molecule has 0 spiro atoms. The van der Waals surface area contributed by atoms with E-state index in [1.165, 1.54) is 18.9 Å². The number of allylic oxidation sites excluding steroid dienone is 2. The van der Waals surface area contributed by atoms with Crippen LogP contribution in [-0.4, -0.2) is 20.7 Å². The van der Waals surface area contributed by atoms with E-state index in [1.807, 2.05) is 25.1 Å². The summed E-state index contributed by atoms with van der Waals surface area (Å²) in [4.78, 5) is 30.9. The Morgan fingerprint density at radius 3 is 2.60 bits per heavy atom. The van der Waals surface area contributed by atoms with Gasteiger partial charge in [-0.15, -0.1) is 0 Å². The monoisotopic (exact) mass is 464 g/mol. The van der Waals surface area contributed by atoms with Crippen LogP contribution in [0.4, 0.5) is 4.39 Å². The van der Waals surface area contributed by atoms with Crippen molar-refractivity contribution < 1.29 is 9.18 Å². The first-order valence-electron chi connectivity index (χ1n) is 12.2. The molecule has 0 N–H and O–H groups in total. The summed E-state index contributed by atoms with van der Waals surface area (Å²) in [6.45, 7) is 11.5. The van der Waals surface area contributed by atoms with Gasteiger partial charge in [0.1, 0.15) is 5.82 Å². The molecule has 0 radical (unpaired) electrons. The van der Waals surface area contributed by atoms with Crippen LogP contribution in [0.1, 0.15) is 56.0 Å². The van der Waals surface area contributed by atoms with Gasteiger partial charge in [-0.25, -0.2) is 19.2 Å². The fraction of sp³-hybridized carbons (Fsp3) is 0.345. The topological polar surface area (TPSA) is 60.1 Å². The number of benzene rings is 1. The second-order valence-electron chi connectivity index (χ2n) is 10.2. The number of Topliss-reactive ketones (excluding diaryl/α,β-unsaturated/α-hetero) is 1. The van der Waals surface area contributed by atoms with E-state index >= 15 is 4.39 Å². The van der Waals surface area contributed by atoms with Crippen LogP contribution in [0.25, 0.3) is 27.5 Å². The molecule has 3 aliphatic carbocycles. The molecule has 174 valence electrons. The maximum atomic E-state index is 15.0. The minimum absolute atomic E-state index is 0.0135. The lowest BCUT2D eigenvalue weighted by Gasteiger charge is -2.46. The first-order valence-corrected chi connectivity index (χ1v) is 12.2. The van der Waals surface area contributed by atoms with Crippen molar-refractivity contribution in [1.82, 2.24) is 15.0 Å². The fourth-order valence-corrected chi connectivity index (χ4v) is 5.91. The quantitative estimate of drug-likeness (QED) is 0.442. The standard InChI is InChI=1S/C29H25FN4O/c1-16-21-12-11-20-25(19-6-4-5-7-22(19)30)33-28(18-10-13-23(32-15-18)17-8-9-17)34-27(20)29(21,2)14-24(31-3)26(16)35/h4-7,10,13-17,21H,8-9,11-12H2,1-2H3/t16-,21-,29-/m1/s1.